The van der Waals surface area contributed by atoms with Crippen molar-refractivity contribution < 1.29 is 44.3 Å². The van der Waals surface area contributed by atoms with Gasteiger partial charge in [-0.25, -0.2) is 8.42 Å². The van der Waals surface area contributed by atoms with Crippen LogP contribution in [0.15, 0.2) is 47.5 Å². The van der Waals surface area contributed by atoms with Gasteiger partial charge in [-0.05, 0) is 53.2 Å². The highest BCUT2D eigenvalue weighted by molar-refractivity contribution is 8.18. The van der Waals surface area contributed by atoms with Crippen LogP contribution in [0.2, 0.25) is 0 Å². The minimum absolute atomic E-state index is 0.0603. The number of thioether (sulfide) groups is 1. The van der Waals surface area contributed by atoms with Gasteiger partial charge in [-0.15, -0.1) is 4.83 Å². The molecule has 1 fully saturated rings. The third kappa shape index (κ3) is 5.80. The summed E-state index contributed by atoms with van der Waals surface area (Å²) in [6.45, 7) is -0.466. The van der Waals surface area contributed by atoms with Crippen molar-refractivity contribution in [1.29, 1.82) is 0 Å². The van der Waals surface area contributed by atoms with Crippen LogP contribution in [-0.2, 0) is 33.7 Å². The fourth-order valence-electron chi connectivity index (χ4n) is 3.50. The number of carbonyl (C=O) groups excluding carboxylic acids is 2. The van der Waals surface area contributed by atoms with Gasteiger partial charge in [0.2, 0.25) is 10.0 Å². The second-order valence-corrected chi connectivity index (χ2v) is 10.6. The standard InChI is InChI=1S/C21H14F6N4O4S2/c1-37(34,35)29-31-18(32)17(36-19(31)33)7-11-2-5-16-13(6-11)9-28-30(16)10-12-3-4-14(20(22,23)24)8-15(12)21(25,26)27/h2-9,29H,10H2,1H3/b17-7-. The minimum Gasteiger partial charge on any atom is -0.266 e. The molecule has 1 aliphatic rings. The van der Waals surface area contributed by atoms with Crippen LogP contribution in [0.1, 0.15) is 22.3 Å². The highest BCUT2D eigenvalue weighted by atomic mass is 32.2. The molecule has 196 valence electrons. The number of hydrogen-bond acceptors (Lipinski definition) is 6. The monoisotopic (exact) mass is 564 g/mol. The van der Waals surface area contributed by atoms with Crippen LogP contribution in [-0.4, -0.2) is 40.6 Å². The first-order valence-corrected chi connectivity index (χ1v) is 12.7. The Morgan fingerprint density at radius 2 is 1.73 bits per heavy atom. The van der Waals surface area contributed by atoms with Crippen molar-refractivity contribution in [3.05, 3.63) is 69.8 Å². The van der Waals surface area contributed by atoms with Gasteiger partial charge < -0.3 is 0 Å². The summed E-state index contributed by atoms with van der Waals surface area (Å²) in [5.41, 5.74) is -2.50. The summed E-state index contributed by atoms with van der Waals surface area (Å²) in [5.74, 6) is -0.891. The van der Waals surface area contributed by atoms with E-state index in [0.717, 1.165) is 12.3 Å². The van der Waals surface area contributed by atoms with E-state index in [1.165, 1.54) is 35.2 Å². The number of amides is 2. The van der Waals surface area contributed by atoms with Crippen molar-refractivity contribution >= 4 is 49.9 Å². The molecule has 37 heavy (non-hydrogen) atoms. The fourth-order valence-corrected chi connectivity index (χ4v) is 4.84. The normalized spacial score (nSPS) is 16.4. The molecule has 4 rings (SSSR count). The highest BCUT2D eigenvalue weighted by Crippen LogP contribution is 2.38. The summed E-state index contributed by atoms with van der Waals surface area (Å²) in [5, 5.41) is 3.96. The molecular weight excluding hydrogens is 550 g/mol. The second-order valence-electron chi connectivity index (χ2n) is 7.87. The first-order chi connectivity index (χ1) is 17.0. The van der Waals surface area contributed by atoms with Gasteiger partial charge in [-0.1, -0.05) is 12.1 Å². The Morgan fingerprint density at radius 3 is 2.35 bits per heavy atom. The Bertz CT molecular complexity index is 1560. The minimum atomic E-state index is -5.03. The second kappa shape index (κ2) is 9.18. The van der Waals surface area contributed by atoms with Gasteiger partial charge in [0.25, 0.3) is 5.91 Å². The van der Waals surface area contributed by atoms with Crippen molar-refractivity contribution in [2.45, 2.75) is 18.9 Å². The van der Waals surface area contributed by atoms with E-state index in [1.807, 2.05) is 0 Å². The number of fused-ring (bicyclic) bond motifs is 1. The molecule has 0 bridgehead atoms. The first kappa shape index (κ1) is 26.7. The number of alkyl halides is 6. The van der Waals surface area contributed by atoms with Crippen molar-refractivity contribution in [1.82, 2.24) is 19.6 Å². The van der Waals surface area contributed by atoms with Gasteiger partial charge in [0.15, 0.2) is 0 Å². The molecule has 0 unspecified atom stereocenters. The van der Waals surface area contributed by atoms with Crippen LogP contribution in [0.3, 0.4) is 0 Å². The van der Waals surface area contributed by atoms with Crippen molar-refractivity contribution in [3.8, 4) is 0 Å². The summed E-state index contributed by atoms with van der Waals surface area (Å²) in [7, 11) is -3.89. The van der Waals surface area contributed by atoms with Crippen molar-refractivity contribution in [3.63, 3.8) is 0 Å². The molecule has 1 aliphatic heterocycles. The van der Waals surface area contributed by atoms with Crippen LogP contribution in [0, 0.1) is 0 Å². The maximum atomic E-state index is 13.5. The third-order valence-electron chi connectivity index (χ3n) is 5.08. The molecule has 2 aromatic carbocycles. The van der Waals surface area contributed by atoms with Gasteiger partial charge in [0, 0.05) is 5.39 Å². The van der Waals surface area contributed by atoms with E-state index in [2.05, 4.69) is 5.10 Å². The lowest BCUT2D eigenvalue weighted by molar-refractivity contribution is -0.143. The topological polar surface area (TPSA) is 101 Å². The van der Waals surface area contributed by atoms with E-state index in [0.29, 0.717) is 39.3 Å². The number of nitrogens with one attached hydrogen (secondary N) is 1. The number of hydrogen-bond donors (Lipinski definition) is 1. The number of nitrogens with zero attached hydrogens (tertiary/aromatic N) is 3. The molecule has 2 heterocycles. The van der Waals surface area contributed by atoms with Gasteiger partial charge in [-0.2, -0.15) is 36.5 Å². The van der Waals surface area contributed by atoms with Crippen molar-refractivity contribution in [2.75, 3.05) is 6.26 Å². The van der Waals surface area contributed by atoms with Crippen molar-refractivity contribution in [2.24, 2.45) is 0 Å². The van der Waals surface area contributed by atoms with Crippen LogP contribution in [0.25, 0.3) is 17.0 Å². The Kier molecular flexibility index (Phi) is 6.62. The molecule has 0 radical (unpaired) electrons. The number of carbonyl (C=O) groups is 2. The van der Waals surface area contributed by atoms with Gasteiger partial charge in [-0.3, -0.25) is 14.3 Å². The molecule has 16 heteroatoms. The Hall–Kier alpha value is -3.37. The van der Waals surface area contributed by atoms with E-state index in [4.69, 9.17) is 0 Å². The molecule has 1 aromatic heterocycles. The molecule has 3 aromatic rings. The smallest absolute Gasteiger partial charge is 0.266 e. The van der Waals surface area contributed by atoms with E-state index in [9.17, 15) is 44.3 Å². The Balaban J connectivity index is 1.63. The molecule has 0 spiro atoms. The Labute approximate surface area is 208 Å². The quantitative estimate of drug-likeness (QED) is 0.359. The fraction of sp³-hybridized carbons (Fsp3) is 0.190. The van der Waals surface area contributed by atoms with Gasteiger partial charge in [0.05, 0.1) is 40.5 Å². The number of rotatable bonds is 5. The average Bonchev–Trinajstić information content (AvgIpc) is 3.27. The molecular formula is C21H14F6N4O4S2. The van der Waals surface area contributed by atoms with Crippen LogP contribution >= 0.6 is 11.8 Å². The number of sulfonamides is 1. The van der Waals surface area contributed by atoms with Crippen LogP contribution < -0.4 is 4.83 Å². The summed E-state index contributed by atoms with van der Waals surface area (Å²) in [6.07, 6.45) is -6.55. The zero-order chi connectivity index (χ0) is 27.3. The molecule has 0 atom stereocenters. The predicted molar refractivity (Wildman–Crippen MR) is 121 cm³/mol. The summed E-state index contributed by atoms with van der Waals surface area (Å²) in [6, 6.07) is 5.87. The summed E-state index contributed by atoms with van der Waals surface area (Å²) < 4.78 is 103. The summed E-state index contributed by atoms with van der Waals surface area (Å²) in [4.78, 5) is 26.1. The zero-order valence-corrected chi connectivity index (χ0v) is 20.0. The van der Waals surface area contributed by atoms with Crippen LogP contribution in [0.5, 0.6) is 0 Å². The largest absolute Gasteiger partial charge is 0.416 e. The lowest BCUT2D eigenvalue weighted by Gasteiger charge is -2.16. The molecule has 0 saturated carbocycles. The van der Waals surface area contributed by atoms with E-state index >= 15 is 0 Å². The number of halogens is 6. The van der Waals surface area contributed by atoms with E-state index < -0.39 is 56.8 Å². The molecule has 1 N–H and O–H groups in total. The summed E-state index contributed by atoms with van der Waals surface area (Å²) >= 11 is 0.501. The molecule has 8 nitrogen and oxygen atoms in total. The zero-order valence-electron chi connectivity index (χ0n) is 18.4. The Morgan fingerprint density at radius 1 is 1.03 bits per heavy atom. The maximum absolute atomic E-state index is 13.5. The maximum Gasteiger partial charge on any atom is 0.416 e. The van der Waals surface area contributed by atoms with E-state index in [1.54, 1.807) is 4.83 Å². The van der Waals surface area contributed by atoms with Gasteiger partial charge >= 0.3 is 17.6 Å². The average molecular weight is 564 g/mol. The lowest BCUT2D eigenvalue weighted by atomic mass is 10.0. The first-order valence-electron chi connectivity index (χ1n) is 10.0. The predicted octanol–water partition coefficient (Wildman–Crippen LogP) is 4.62. The number of hydrazine groups is 1. The highest BCUT2D eigenvalue weighted by Gasteiger charge is 2.39. The molecule has 1 saturated heterocycles. The lowest BCUT2D eigenvalue weighted by Crippen LogP contribution is -2.44. The number of aromatic nitrogens is 2. The van der Waals surface area contributed by atoms with E-state index in [-0.39, 0.29) is 11.0 Å². The molecule has 2 amide bonds. The SMILES string of the molecule is CS(=O)(=O)NN1C(=O)S/C(=C\c2ccc3c(cnn3Cc3ccc(C(F)(F)F)cc3C(F)(F)F)c2)C1=O. The third-order valence-corrected chi connectivity index (χ3v) is 6.46. The number of imide groups is 1. The van der Waals surface area contributed by atoms with Crippen LogP contribution in [0.4, 0.5) is 31.1 Å². The van der Waals surface area contributed by atoms with Gasteiger partial charge in [0.1, 0.15) is 0 Å². The molecule has 0 aliphatic carbocycles. The number of benzene rings is 2.